The number of benzene rings is 1. The van der Waals surface area contributed by atoms with Gasteiger partial charge < -0.3 is 10.2 Å². The number of carbonyl (C=O) groups is 1. The summed E-state index contributed by atoms with van der Waals surface area (Å²) in [5.74, 6) is 0.445. The normalized spacial score (nSPS) is 25.0. The predicted molar refractivity (Wildman–Crippen MR) is 123 cm³/mol. The van der Waals surface area contributed by atoms with Gasteiger partial charge in [-0.05, 0) is 53.6 Å². The van der Waals surface area contributed by atoms with Crippen LogP contribution in [0.5, 0.6) is 0 Å². The highest BCUT2D eigenvalue weighted by Gasteiger charge is 2.37. The zero-order valence-corrected chi connectivity index (χ0v) is 19.0. The number of urea groups is 1. The van der Waals surface area contributed by atoms with Crippen LogP contribution >= 0.6 is 22.9 Å². The third-order valence-electron chi connectivity index (χ3n) is 6.87. The van der Waals surface area contributed by atoms with Crippen molar-refractivity contribution in [2.45, 2.75) is 25.3 Å². The lowest BCUT2D eigenvalue weighted by molar-refractivity contribution is 0.0905. The van der Waals surface area contributed by atoms with Gasteiger partial charge in [0.2, 0.25) is 0 Å². The van der Waals surface area contributed by atoms with Gasteiger partial charge in [0.15, 0.2) is 0 Å². The standard InChI is InChI=1S/C23H29ClN4OS/c1-16-12-17(15-30-16)20-14-22(19-3-2-18(24)13-21(19)20)27-9-6-26(7-10-27)8-11-28-5-4-25-23(28)29/h2-3,12-13,15,20,22H,4-11,14H2,1H3,(H,25,29)/t20-,22+/m0/s1. The molecule has 3 aliphatic rings. The molecule has 30 heavy (non-hydrogen) atoms. The van der Waals surface area contributed by atoms with Gasteiger partial charge in [-0.2, -0.15) is 0 Å². The monoisotopic (exact) mass is 444 g/mol. The van der Waals surface area contributed by atoms with Crippen LogP contribution in [0.25, 0.3) is 0 Å². The summed E-state index contributed by atoms with van der Waals surface area (Å²) in [6.07, 6.45) is 1.14. The molecule has 1 aromatic carbocycles. The quantitative estimate of drug-likeness (QED) is 0.759. The molecule has 7 heteroatoms. The number of piperazine rings is 1. The van der Waals surface area contributed by atoms with Gasteiger partial charge in [-0.3, -0.25) is 9.80 Å². The molecule has 0 bridgehead atoms. The van der Waals surface area contributed by atoms with Gasteiger partial charge in [-0.1, -0.05) is 17.7 Å². The van der Waals surface area contributed by atoms with Crippen molar-refractivity contribution < 1.29 is 4.79 Å². The van der Waals surface area contributed by atoms with Crippen molar-refractivity contribution in [3.63, 3.8) is 0 Å². The van der Waals surface area contributed by atoms with Gasteiger partial charge in [-0.25, -0.2) is 4.79 Å². The second-order valence-corrected chi connectivity index (χ2v) is 10.2. The van der Waals surface area contributed by atoms with Crippen LogP contribution in [-0.2, 0) is 0 Å². The number of halogens is 1. The molecule has 0 radical (unpaired) electrons. The molecule has 2 aromatic rings. The van der Waals surface area contributed by atoms with E-state index in [1.54, 1.807) is 0 Å². The minimum Gasteiger partial charge on any atom is -0.336 e. The topological polar surface area (TPSA) is 38.8 Å². The first-order valence-electron chi connectivity index (χ1n) is 10.9. The maximum absolute atomic E-state index is 11.7. The molecule has 1 aromatic heterocycles. The van der Waals surface area contributed by atoms with Gasteiger partial charge in [0.1, 0.15) is 0 Å². The van der Waals surface area contributed by atoms with E-state index in [0.717, 1.165) is 63.8 Å². The number of carbonyl (C=O) groups excluding carboxylic acids is 1. The first kappa shape index (κ1) is 20.3. The van der Waals surface area contributed by atoms with E-state index in [4.69, 9.17) is 11.6 Å². The van der Waals surface area contributed by atoms with Crippen molar-refractivity contribution >= 4 is 29.0 Å². The van der Waals surface area contributed by atoms with E-state index in [9.17, 15) is 4.79 Å². The molecule has 2 atom stereocenters. The number of thiophene rings is 1. The zero-order chi connectivity index (χ0) is 20.7. The molecule has 2 aliphatic heterocycles. The van der Waals surface area contributed by atoms with Gasteiger partial charge in [0.05, 0.1) is 0 Å². The van der Waals surface area contributed by atoms with Crippen molar-refractivity contribution in [2.75, 3.05) is 52.4 Å². The molecule has 1 aliphatic carbocycles. The third-order valence-corrected chi connectivity index (χ3v) is 7.99. The highest BCUT2D eigenvalue weighted by molar-refractivity contribution is 7.10. The number of nitrogens with one attached hydrogen (secondary N) is 1. The lowest BCUT2D eigenvalue weighted by Gasteiger charge is -2.39. The minimum absolute atomic E-state index is 0.0876. The van der Waals surface area contributed by atoms with Crippen molar-refractivity contribution in [3.8, 4) is 0 Å². The maximum Gasteiger partial charge on any atom is 0.317 e. The molecular weight excluding hydrogens is 416 g/mol. The summed E-state index contributed by atoms with van der Waals surface area (Å²) in [7, 11) is 0. The minimum atomic E-state index is 0.0876. The summed E-state index contributed by atoms with van der Waals surface area (Å²) in [6.45, 7) is 9.89. The summed E-state index contributed by atoms with van der Waals surface area (Å²) in [5.41, 5.74) is 4.30. The molecule has 2 amide bonds. The predicted octanol–water partition coefficient (Wildman–Crippen LogP) is 3.93. The maximum atomic E-state index is 11.7. The molecule has 0 saturated carbocycles. The molecule has 2 saturated heterocycles. The van der Waals surface area contributed by atoms with E-state index in [1.807, 2.05) is 22.3 Å². The Hall–Kier alpha value is -1.60. The van der Waals surface area contributed by atoms with E-state index < -0.39 is 0 Å². The van der Waals surface area contributed by atoms with E-state index in [1.165, 1.54) is 21.6 Å². The average Bonchev–Trinajstić information content (AvgIpc) is 3.45. The van der Waals surface area contributed by atoms with Gasteiger partial charge >= 0.3 is 6.03 Å². The lowest BCUT2D eigenvalue weighted by atomic mass is 9.95. The number of fused-ring (bicyclic) bond motifs is 1. The van der Waals surface area contributed by atoms with E-state index in [2.05, 4.69) is 45.6 Å². The second kappa shape index (κ2) is 8.50. The van der Waals surface area contributed by atoms with Crippen LogP contribution < -0.4 is 5.32 Å². The smallest absolute Gasteiger partial charge is 0.317 e. The summed E-state index contributed by atoms with van der Waals surface area (Å²) in [5, 5.41) is 6.04. The Kier molecular flexibility index (Phi) is 5.75. The summed E-state index contributed by atoms with van der Waals surface area (Å²) in [4.78, 5) is 20.2. The fourth-order valence-corrected chi connectivity index (χ4v) is 6.16. The van der Waals surface area contributed by atoms with Gasteiger partial charge in [0, 0.05) is 74.2 Å². The molecule has 3 heterocycles. The van der Waals surface area contributed by atoms with Crippen molar-refractivity contribution in [2.24, 2.45) is 0 Å². The van der Waals surface area contributed by atoms with Crippen LogP contribution in [0, 0.1) is 6.92 Å². The van der Waals surface area contributed by atoms with Crippen molar-refractivity contribution in [3.05, 3.63) is 56.2 Å². The largest absolute Gasteiger partial charge is 0.336 e. The third kappa shape index (κ3) is 3.98. The molecule has 2 fully saturated rings. The first-order chi connectivity index (χ1) is 14.6. The van der Waals surface area contributed by atoms with Crippen LogP contribution in [0.4, 0.5) is 4.79 Å². The van der Waals surface area contributed by atoms with Crippen LogP contribution in [0.1, 0.15) is 39.9 Å². The molecule has 0 spiro atoms. The van der Waals surface area contributed by atoms with Crippen LogP contribution in [-0.4, -0.2) is 73.1 Å². The van der Waals surface area contributed by atoms with Crippen molar-refractivity contribution in [1.29, 1.82) is 0 Å². The van der Waals surface area contributed by atoms with Gasteiger partial charge in [-0.15, -0.1) is 11.3 Å². The van der Waals surface area contributed by atoms with Crippen LogP contribution in [0.3, 0.4) is 0 Å². The lowest BCUT2D eigenvalue weighted by Crippen LogP contribution is -2.49. The zero-order valence-electron chi connectivity index (χ0n) is 17.4. The Morgan fingerprint density at radius 2 is 1.93 bits per heavy atom. The summed E-state index contributed by atoms with van der Waals surface area (Å²) < 4.78 is 0. The number of aryl methyl sites for hydroxylation is 1. The first-order valence-corrected chi connectivity index (χ1v) is 12.2. The molecular formula is C23H29ClN4OS. The molecule has 0 unspecified atom stereocenters. The Morgan fingerprint density at radius 3 is 2.63 bits per heavy atom. The number of hydrogen-bond donors (Lipinski definition) is 1. The van der Waals surface area contributed by atoms with Crippen LogP contribution in [0.2, 0.25) is 5.02 Å². The second-order valence-electron chi connectivity index (χ2n) is 8.66. The Bertz CT molecular complexity index is 924. The SMILES string of the molecule is Cc1cc([C@@H]2C[C@@H](N3CCN(CCN4CCNC4=O)CC3)c3ccc(Cl)cc32)cs1. The number of rotatable bonds is 5. The van der Waals surface area contributed by atoms with Crippen LogP contribution in [0.15, 0.2) is 29.6 Å². The summed E-state index contributed by atoms with van der Waals surface area (Å²) in [6, 6.07) is 9.38. The number of nitrogens with zero attached hydrogens (tertiary/aromatic N) is 3. The Labute approximate surface area is 187 Å². The molecule has 5 rings (SSSR count). The molecule has 5 nitrogen and oxygen atoms in total. The van der Waals surface area contributed by atoms with Gasteiger partial charge in [0.25, 0.3) is 0 Å². The fourth-order valence-electron chi connectivity index (χ4n) is 5.22. The average molecular weight is 445 g/mol. The molecule has 1 N–H and O–H groups in total. The van der Waals surface area contributed by atoms with E-state index in [0.29, 0.717) is 12.0 Å². The summed E-state index contributed by atoms with van der Waals surface area (Å²) >= 11 is 8.22. The Balaban J connectivity index is 1.25. The number of amides is 2. The molecule has 160 valence electrons. The highest BCUT2D eigenvalue weighted by atomic mass is 35.5. The van der Waals surface area contributed by atoms with E-state index in [-0.39, 0.29) is 6.03 Å². The fraction of sp³-hybridized carbons (Fsp3) is 0.522. The highest BCUT2D eigenvalue weighted by Crippen LogP contribution is 2.48. The van der Waals surface area contributed by atoms with Crippen molar-refractivity contribution in [1.82, 2.24) is 20.0 Å². The van der Waals surface area contributed by atoms with E-state index >= 15 is 0 Å². The Morgan fingerprint density at radius 1 is 1.10 bits per heavy atom. The number of hydrogen-bond acceptors (Lipinski definition) is 4.